The van der Waals surface area contributed by atoms with Crippen LogP contribution in [0.15, 0.2) is 0 Å². The fraction of sp³-hybridized carbons (Fsp3) is 0.727. The van der Waals surface area contributed by atoms with Gasteiger partial charge < -0.3 is 35.4 Å². The van der Waals surface area contributed by atoms with Crippen LogP contribution >= 0.6 is 0 Å². The Kier molecular flexibility index (Phi) is 8.66. The molecule has 122 valence electrons. The zero-order valence-corrected chi connectivity index (χ0v) is 11.0. The topological polar surface area (TPSA) is 182 Å². The molecule has 0 unspecified atom stereocenters. The van der Waals surface area contributed by atoms with Crippen molar-refractivity contribution in [1.82, 2.24) is 0 Å². The van der Waals surface area contributed by atoms with Crippen molar-refractivity contribution in [3.8, 4) is 0 Å². The average Bonchev–Trinajstić information content (AvgIpc) is 2.43. The second-order valence-electron chi connectivity index (χ2n) is 4.22. The summed E-state index contributed by atoms with van der Waals surface area (Å²) in [6, 6.07) is 0. The van der Waals surface area contributed by atoms with Crippen LogP contribution in [0.4, 0.5) is 0 Å². The molecule has 0 aromatic carbocycles. The molecule has 0 aromatic heterocycles. The van der Waals surface area contributed by atoms with E-state index in [2.05, 4.69) is 4.74 Å². The molecule has 0 amide bonds. The summed E-state index contributed by atoms with van der Waals surface area (Å²) in [7, 11) is 0. The number of rotatable bonds is 9. The van der Waals surface area contributed by atoms with E-state index in [0.29, 0.717) is 0 Å². The first-order valence-corrected chi connectivity index (χ1v) is 6.00. The molecule has 0 heterocycles. The average molecular weight is 310 g/mol. The summed E-state index contributed by atoms with van der Waals surface area (Å²) >= 11 is 0. The van der Waals surface area contributed by atoms with Crippen LogP contribution in [0.3, 0.4) is 0 Å². The predicted octanol–water partition coefficient (Wildman–Crippen LogP) is -3.25. The molecule has 0 aliphatic heterocycles. The lowest BCUT2D eigenvalue weighted by Gasteiger charge is -2.24. The molecule has 0 radical (unpaired) electrons. The second kappa shape index (κ2) is 9.37. The molecule has 0 spiro atoms. The van der Waals surface area contributed by atoms with E-state index in [-0.39, 0.29) is 19.3 Å². The molecular weight excluding hydrogens is 292 g/mol. The van der Waals surface area contributed by atoms with Gasteiger partial charge in [-0.25, -0.2) is 4.79 Å². The fourth-order valence-electron chi connectivity index (χ4n) is 1.27. The summed E-state index contributed by atoms with van der Waals surface area (Å²) in [6.45, 7) is -0.923. The smallest absolute Gasteiger partial charge is 0.345 e. The van der Waals surface area contributed by atoms with E-state index in [1.165, 1.54) is 0 Å². The van der Waals surface area contributed by atoms with Gasteiger partial charge in [-0.15, -0.1) is 0 Å². The Labute approximate surface area is 119 Å². The van der Waals surface area contributed by atoms with Crippen LogP contribution in [0.2, 0.25) is 0 Å². The van der Waals surface area contributed by atoms with Crippen LogP contribution in [0, 0.1) is 0 Å². The third kappa shape index (κ3) is 7.11. The molecule has 0 aromatic rings. The molecule has 0 saturated carbocycles. The Morgan fingerprint density at radius 1 is 0.952 bits per heavy atom. The van der Waals surface area contributed by atoms with Crippen LogP contribution in [0.25, 0.3) is 0 Å². The van der Waals surface area contributed by atoms with Gasteiger partial charge in [0.1, 0.15) is 18.3 Å². The highest BCUT2D eigenvalue weighted by Gasteiger charge is 2.35. The summed E-state index contributed by atoms with van der Waals surface area (Å²) in [5.74, 6) is -3.80. The monoisotopic (exact) mass is 310 g/mol. The number of aliphatic hydroxyl groups is 5. The second-order valence-corrected chi connectivity index (χ2v) is 4.22. The highest BCUT2D eigenvalue weighted by atomic mass is 16.6. The molecule has 10 nitrogen and oxygen atoms in total. The van der Waals surface area contributed by atoms with Crippen LogP contribution in [-0.2, 0) is 19.1 Å². The lowest BCUT2D eigenvalue weighted by Crippen LogP contribution is -2.49. The number of esters is 2. The van der Waals surface area contributed by atoms with Crippen molar-refractivity contribution in [3.05, 3.63) is 0 Å². The molecule has 10 heteroatoms. The van der Waals surface area contributed by atoms with Crippen molar-refractivity contribution >= 4 is 17.9 Å². The molecular formula is C11H18O10. The number of carboxylic acid groups (broad SMARTS) is 1. The van der Waals surface area contributed by atoms with E-state index in [4.69, 9.17) is 15.3 Å². The van der Waals surface area contributed by atoms with Crippen LogP contribution in [0.1, 0.15) is 19.3 Å². The molecule has 0 aliphatic carbocycles. The van der Waals surface area contributed by atoms with E-state index in [1.54, 1.807) is 0 Å². The van der Waals surface area contributed by atoms with Gasteiger partial charge in [0.15, 0.2) is 6.10 Å². The number of carbonyl (C=O) groups excluding carboxylic acids is 2. The fourth-order valence-corrected chi connectivity index (χ4v) is 1.27. The predicted molar refractivity (Wildman–Crippen MR) is 63.7 cm³/mol. The quantitative estimate of drug-likeness (QED) is 0.187. The van der Waals surface area contributed by atoms with E-state index >= 15 is 0 Å². The first-order valence-electron chi connectivity index (χ1n) is 6.00. The lowest BCUT2D eigenvalue weighted by atomic mass is 10.0. The minimum absolute atomic E-state index is 0.0774. The van der Waals surface area contributed by atoms with Gasteiger partial charge in [0.2, 0.25) is 0 Å². The van der Waals surface area contributed by atoms with Gasteiger partial charge in [0.05, 0.1) is 6.61 Å². The molecule has 4 atom stereocenters. The number of carbonyl (C=O) groups is 3. The standard InChI is InChI=1S/C11H18O10/c12-4-5(13)8(17)9(18)10(19)11(20)21-7(16)3-1-2-6(14)15/h5,8-10,12-13,17-19H,1-4H2,(H,14,15)/t5-,8-,9+,10-/m1/s1. The first-order chi connectivity index (χ1) is 9.70. The van der Waals surface area contributed by atoms with Crippen LogP contribution in [-0.4, -0.2) is 79.6 Å². The summed E-state index contributed by atoms with van der Waals surface area (Å²) in [4.78, 5) is 32.6. The molecule has 0 fully saturated rings. The lowest BCUT2D eigenvalue weighted by molar-refractivity contribution is -0.176. The minimum Gasteiger partial charge on any atom is -0.481 e. The minimum atomic E-state index is -2.32. The van der Waals surface area contributed by atoms with Gasteiger partial charge >= 0.3 is 17.9 Å². The highest BCUT2D eigenvalue weighted by molar-refractivity contribution is 5.88. The van der Waals surface area contributed by atoms with Gasteiger partial charge in [0.25, 0.3) is 0 Å². The van der Waals surface area contributed by atoms with Gasteiger partial charge in [-0.2, -0.15) is 0 Å². The molecule has 21 heavy (non-hydrogen) atoms. The van der Waals surface area contributed by atoms with E-state index in [9.17, 15) is 29.7 Å². The van der Waals surface area contributed by atoms with Crippen molar-refractivity contribution in [2.45, 2.75) is 43.7 Å². The number of hydrogen-bond donors (Lipinski definition) is 6. The maximum atomic E-state index is 11.3. The summed E-state index contributed by atoms with van der Waals surface area (Å²) in [5, 5.41) is 53.9. The summed E-state index contributed by atoms with van der Waals surface area (Å²) in [5.41, 5.74) is 0. The van der Waals surface area contributed by atoms with Crippen molar-refractivity contribution < 1.29 is 49.8 Å². The van der Waals surface area contributed by atoms with Gasteiger partial charge in [-0.1, -0.05) is 0 Å². The van der Waals surface area contributed by atoms with Crippen molar-refractivity contribution in [2.24, 2.45) is 0 Å². The van der Waals surface area contributed by atoms with Crippen molar-refractivity contribution in [1.29, 1.82) is 0 Å². The summed E-state index contributed by atoms with van der Waals surface area (Å²) in [6.07, 6.45) is -9.09. The molecule has 0 rings (SSSR count). The third-order valence-electron chi connectivity index (χ3n) is 2.48. The molecule has 0 aliphatic rings. The van der Waals surface area contributed by atoms with E-state index in [1.807, 2.05) is 0 Å². The van der Waals surface area contributed by atoms with Crippen molar-refractivity contribution in [3.63, 3.8) is 0 Å². The normalized spacial score (nSPS) is 16.6. The number of ether oxygens (including phenoxy) is 1. The highest BCUT2D eigenvalue weighted by Crippen LogP contribution is 2.08. The largest absolute Gasteiger partial charge is 0.481 e. The molecule has 0 saturated heterocycles. The van der Waals surface area contributed by atoms with Gasteiger partial charge in [-0.05, 0) is 6.42 Å². The summed E-state index contributed by atoms with van der Waals surface area (Å²) < 4.78 is 4.14. The van der Waals surface area contributed by atoms with Gasteiger partial charge in [-0.3, -0.25) is 9.59 Å². The number of aliphatic hydroxyl groups excluding tert-OH is 5. The Morgan fingerprint density at radius 2 is 1.52 bits per heavy atom. The zero-order valence-electron chi connectivity index (χ0n) is 11.0. The maximum absolute atomic E-state index is 11.3. The SMILES string of the molecule is O=C(O)CCCC(=O)OC(=O)[C@H](O)[C@@H](O)[C@H](O)[C@H](O)CO. The number of hydrogen-bond acceptors (Lipinski definition) is 9. The Balaban J connectivity index is 4.31. The van der Waals surface area contributed by atoms with Crippen molar-refractivity contribution in [2.75, 3.05) is 6.61 Å². The number of aliphatic carboxylic acids is 1. The van der Waals surface area contributed by atoms with Gasteiger partial charge in [0, 0.05) is 12.8 Å². The number of carboxylic acids is 1. The Morgan fingerprint density at radius 3 is 2.00 bits per heavy atom. The van der Waals surface area contributed by atoms with Crippen LogP contribution in [0.5, 0.6) is 0 Å². The molecule has 6 N–H and O–H groups in total. The first kappa shape index (κ1) is 19.4. The van der Waals surface area contributed by atoms with E-state index < -0.39 is 48.9 Å². The zero-order chi connectivity index (χ0) is 16.6. The van der Waals surface area contributed by atoms with E-state index in [0.717, 1.165) is 0 Å². The Hall–Kier alpha value is -1.59. The third-order valence-corrected chi connectivity index (χ3v) is 2.48. The van der Waals surface area contributed by atoms with Crippen LogP contribution < -0.4 is 0 Å². The maximum Gasteiger partial charge on any atom is 0.345 e. The Bertz CT molecular complexity index is 368. The molecule has 0 bridgehead atoms.